The Labute approximate surface area is 275 Å². The maximum atomic E-state index is 12.5. The van der Waals surface area contributed by atoms with Crippen LogP contribution in [0.15, 0.2) is 48.9 Å². The second-order valence-corrected chi connectivity index (χ2v) is 13.6. The Morgan fingerprint density at radius 3 is 2.72 bits per heavy atom. The van der Waals surface area contributed by atoms with Crippen LogP contribution in [0.1, 0.15) is 30.6 Å². The molecule has 1 saturated heterocycles. The number of hydrogen-bond donors (Lipinski definition) is 4. The zero-order valence-electron chi connectivity index (χ0n) is 25.2. The average molecular weight is 691 g/mol. The number of benzene rings is 2. The van der Waals surface area contributed by atoms with E-state index in [1.54, 1.807) is 37.6 Å². The molecular weight excluding hydrogens is 655 g/mol. The Morgan fingerprint density at radius 1 is 1.13 bits per heavy atom. The minimum absolute atomic E-state index is 0.0804. The first-order valence-corrected chi connectivity index (χ1v) is 17.5. The normalized spacial score (nSPS) is 14.3. The smallest absolute Gasteiger partial charge is 0.469 e. The Bertz CT molecular complexity index is 1680. The van der Waals surface area contributed by atoms with Crippen LogP contribution in [0.3, 0.4) is 0 Å². The van der Waals surface area contributed by atoms with Crippen molar-refractivity contribution in [3.8, 4) is 11.5 Å². The molecule has 2 aromatic heterocycles. The molecule has 5 rings (SSSR count). The molecule has 0 saturated carbocycles. The summed E-state index contributed by atoms with van der Waals surface area (Å²) in [4.78, 5) is 46.6. The SMILES string of the molecule is COc1cc2c(Nc3ncc(CC(=O)Nc4cccc(Cl)c4)s3)ncnc2cc1OCCCN1CCC(CCOP(=O)(O)O)CC1. The lowest BCUT2D eigenvalue weighted by Crippen LogP contribution is -2.35. The minimum atomic E-state index is -4.40. The summed E-state index contributed by atoms with van der Waals surface area (Å²) in [5.74, 6) is 1.94. The van der Waals surface area contributed by atoms with Crippen LogP contribution in [0.5, 0.6) is 11.5 Å². The number of likely N-dealkylation sites (tertiary alicyclic amines) is 1. The summed E-state index contributed by atoms with van der Waals surface area (Å²) >= 11 is 7.36. The van der Waals surface area contributed by atoms with E-state index >= 15 is 0 Å². The number of nitrogens with one attached hydrogen (secondary N) is 2. The first-order chi connectivity index (χ1) is 22.1. The number of piperidine rings is 1. The van der Waals surface area contributed by atoms with E-state index in [9.17, 15) is 9.36 Å². The number of anilines is 3. The molecule has 3 heterocycles. The molecule has 0 unspecified atom stereocenters. The van der Waals surface area contributed by atoms with Crippen molar-refractivity contribution in [2.45, 2.75) is 32.1 Å². The maximum absolute atomic E-state index is 12.5. The highest BCUT2D eigenvalue weighted by Gasteiger charge is 2.21. The van der Waals surface area contributed by atoms with Gasteiger partial charge in [0, 0.05) is 39.8 Å². The molecule has 1 aliphatic heterocycles. The molecule has 0 spiro atoms. The van der Waals surface area contributed by atoms with Gasteiger partial charge in [-0.15, -0.1) is 11.3 Å². The van der Waals surface area contributed by atoms with Gasteiger partial charge in [-0.25, -0.2) is 19.5 Å². The second kappa shape index (κ2) is 16.0. The number of aromatic nitrogens is 3. The van der Waals surface area contributed by atoms with Crippen molar-refractivity contribution in [1.82, 2.24) is 19.9 Å². The van der Waals surface area contributed by atoms with Crippen LogP contribution < -0.4 is 20.1 Å². The van der Waals surface area contributed by atoms with Crippen LogP contribution in [-0.4, -0.2) is 75.5 Å². The van der Waals surface area contributed by atoms with Crippen molar-refractivity contribution in [1.29, 1.82) is 0 Å². The van der Waals surface area contributed by atoms with E-state index in [2.05, 4.69) is 35.0 Å². The van der Waals surface area contributed by atoms with Crippen molar-refractivity contribution in [3.05, 3.63) is 58.8 Å². The predicted molar refractivity (Wildman–Crippen MR) is 177 cm³/mol. The van der Waals surface area contributed by atoms with E-state index < -0.39 is 7.82 Å². The molecule has 4 N–H and O–H groups in total. The fourth-order valence-corrected chi connectivity index (χ4v) is 6.56. The van der Waals surface area contributed by atoms with Crippen molar-refractivity contribution < 1.29 is 33.1 Å². The van der Waals surface area contributed by atoms with E-state index in [0.717, 1.165) is 49.2 Å². The van der Waals surface area contributed by atoms with Gasteiger partial charge < -0.3 is 34.8 Å². The summed E-state index contributed by atoms with van der Waals surface area (Å²) in [6.45, 7) is 3.33. The molecule has 13 nitrogen and oxygen atoms in total. The number of nitrogens with zero attached hydrogens (tertiary/aromatic N) is 4. The monoisotopic (exact) mass is 690 g/mol. The predicted octanol–water partition coefficient (Wildman–Crippen LogP) is 5.65. The molecule has 4 aromatic rings. The number of phosphoric ester groups is 1. The first kappa shape index (κ1) is 34.0. The molecule has 246 valence electrons. The standard InChI is InChI=1S/C30H36ClN6O7PS/c1-42-26-16-24-25(17-27(26)43-12-3-9-37-10-6-20(7-11-37)8-13-44-45(39,40)41)33-19-34-29(24)36-30-32-18-23(46-30)15-28(38)35-22-5-2-4-21(31)14-22/h2,4-5,14,16-20H,3,6-13,15H2,1H3,(H,35,38)(H2,39,40,41)(H,32,33,34,36). The number of halogens is 1. The van der Waals surface area contributed by atoms with Crippen LogP contribution in [0, 0.1) is 5.92 Å². The number of phosphoric acid groups is 1. The fraction of sp³-hybridized carbons (Fsp3) is 0.400. The number of rotatable bonds is 15. The third kappa shape index (κ3) is 10.1. The summed E-state index contributed by atoms with van der Waals surface area (Å²) in [6, 6.07) is 10.7. The van der Waals surface area contributed by atoms with Gasteiger partial charge >= 0.3 is 7.82 Å². The van der Waals surface area contributed by atoms with Gasteiger partial charge in [0.05, 0.1) is 32.3 Å². The number of carbonyl (C=O) groups excluding carboxylic acids is 1. The molecule has 1 fully saturated rings. The summed E-state index contributed by atoms with van der Waals surface area (Å²) in [7, 11) is -2.81. The third-order valence-electron chi connectivity index (χ3n) is 7.51. The van der Waals surface area contributed by atoms with E-state index in [1.807, 2.05) is 12.1 Å². The van der Waals surface area contributed by atoms with Crippen molar-refractivity contribution in [2.24, 2.45) is 5.92 Å². The number of hydrogen-bond acceptors (Lipinski definition) is 11. The first-order valence-electron chi connectivity index (χ1n) is 14.8. The average Bonchev–Trinajstić information content (AvgIpc) is 3.45. The minimum Gasteiger partial charge on any atom is -0.493 e. The van der Waals surface area contributed by atoms with Gasteiger partial charge in [-0.1, -0.05) is 17.7 Å². The van der Waals surface area contributed by atoms with Gasteiger partial charge in [0.15, 0.2) is 16.6 Å². The molecule has 2 aromatic carbocycles. The zero-order valence-corrected chi connectivity index (χ0v) is 27.7. The van der Waals surface area contributed by atoms with Gasteiger partial charge in [-0.3, -0.25) is 9.32 Å². The quantitative estimate of drug-likeness (QED) is 0.0895. The van der Waals surface area contributed by atoms with Crippen molar-refractivity contribution in [2.75, 3.05) is 50.6 Å². The molecule has 1 amide bonds. The summed E-state index contributed by atoms with van der Waals surface area (Å²) in [6.07, 6.45) is 6.72. The summed E-state index contributed by atoms with van der Waals surface area (Å²) in [5, 5.41) is 7.95. The van der Waals surface area contributed by atoms with E-state index in [4.69, 9.17) is 30.9 Å². The van der Waals surface area contributed by atoms with E-state index in [1.165, 1.54) is 17.7 Å². The lowest BCUT2D eigenvalue weighted by Gasteiger charge is -2.31. The highest BCUT2D eigenvalue weighted by Crippen LogP contribution is 2.37. The Balaban J connectivity index is 1.11. The van der Waals surface area contributed by atoms with Crippen LogP contribution in [-0.2, 0) is 20.3 Å². The molecule has 1 aliphatic rings. The number of methoxy groups -OCH3 is 1. The molecule has 46 heavy (non-hydrogen) atoms. The number of ether oxygens (including phenoxy) is 2. The number of fused-ring (bicyclic) bond motifs is 1. The largest absolute Gasteiger partial charge is 0.493 e. The van der Waals surface area contributed by atoms with Gasteiger partial charge in [0.1, 0.15) is 12.1 Å². The zero-order chi connectivity index (χ0) is 32.5. The molecular formula is C30H36ClN6O7PS. The molecule has 0 aliphatic carbocycles. The molecule has 0 bridgehead atoms. The van der Waals surface area contributed by atoms with Gasteiger partial charge in [-0.2, -0.15) is 0 Å². The number of amides is 1. The highest BCUT2D eigenvalue weighted by atomic mass is 35.5. The number of carbonyl (C=O) groups is 1. The highest BCUT2D eigenvalue weighted by molar-refractivity contribution is 7.46. The third-order valence-corrected chi connectivity index (χ3v) is 9.18. The van der Waals surface area contributed by atoms with Gasteiger partial charge in [0.2, 0.25) is 5.91 Å². The maximum Gasteiger partial charge on any atom is 0.469 e. The van der Waals surface area contributed by atoms with Crippen molar-refractivity contribution in [3.63, 3.8) is 0 Å². The molecule has 16 heteroatoms. The van der Waals surface area contributed by atoms with Crippen molar-refractivity contribution >= 4 is 64.2 Å². The fourth-order valence-electron chi connectivity index (χ4n) is 5.22. The number of thiazole rings is 1. The van der Waals surface area contributed by atoms with Gasteiger partial charge in [-0.05, 0) is 69.0 Å². The van der Waals surface area contributed by atoms with Crippen LogP contribution in [0.2, 0.25) is 5.02 Å². The van der Waals surface area contributed by atoms with E-state index in [-0.39, 0.29) is 18.9 Å². The Kier molecular flexibility index (Phi) is 11.8. The van der Waals surface area contributed by atoms with Crippen LogP contribution in [0.4, 0.5) is 16.6 Å². The second-order valence-electron chi connectivity index (χ2n) is 10.8. The summed E-state index contributed by atoms with van der Waals surface area (Å²) in [5.41, 5.74) is 1.31. The Hall–Kier alpha value is -3.36. The van der Waals surface area contributed by atoms with Crippen LogP contribution in [0.25, 0.3) is 10.9 Å². The Morgan fingerprint density at radius 2 is 1.96 bits per heavy atom. The van der Waals surface area contributed by atoms with E-state index in [0.29, 0.717) is 57.6 Å². The topological polar surface area (TPSA) is 168 Å². The van der Waals surface area contributed by atoms with Crippen LogP contribution >= 0.6 is 30.8 Å². The lowest BCUT2D eigenvalue weighted by molar-refractivity contribution is -0.115. The summed E-state index contributed by atoms with van der Waals surface area (Å²) < 4.78 is 27.2. The lowest BCUT2D eigenvalue weighted by atomic mass is 9.94. The molecule has 0 atom stereocenters. The molecule has 0 radical (unpaired) electrons. The van der Waals surface area contributed by atoms with Gasteiger partial charge in [0.25, 0.3) is 0 Å².